The summed E-state index contributed by atoms with van der Waals surface area (Å²) in [4.78, 5) is 3.71. The average Bonchev–Trinajstić information content (AvgIpc) is 2.85. The van der Waals surface area contributed by atoms with Gasteiger partial charge in [0.05, 0.1) is 4.88 Å². The van der Waals surface area contributed by atoms with E-state index in [2.05, 4.69) is 4.98 Å². The lowest BCUT2D eigenvalue weighted by Crippen LogP contribution is -2.11. The van der Waals surface area contributed by atoms with Gasteiger partial charge < -0.3 is 10.5 Å². The molecule has 0 saturated carbocycles. The van der Waals surface area contributed by atoms with Crippen molar-refractivity contribution in [1.29, 1.82) is 0 Å². The SMILES string of the molecule is COC(c1ccccc1)c1nc(C(F)(F)F)c(CN)s1. The van der Waals surface area contributed by atoms with Crippen molar-refractivity contribution in [2.24, 2.45) is 5.73 Å². The van der Waals surface area contributed by atoms with E-state index in [1.807, 2.05) is 6.07 Å². The molecule has 3 nitrogen and oxygen atoms in total. The molecule has 1 heterocycles. The number of nitrogens with two attached hydrogens (primary N) is 1. The summed E-state index contributed by atoms with van der Waals surface area (Å²) in [7, 11) is 1.44. The number of aromatic nitrogens is 1. The number of thiazole rings is 1. The molecule has 0 aliphatic heterocycles. The largest absolute Gasteiger partial charge is 0.434 e. The van der Waals surface area contributed by atoms with Crippen molar-refractivity contribution in [2.75, 3.05) is 7.11 Å². The normalized spacial score (nSPS) is 13.4. The van der Waals surface area contributed by atoms with Crippen molar-refractivity contribution in [2.45, 2.75) is 18.8 Å². The first kappa shape index (κ1) is 15.0. The minimum atomic E-state index is -4.50. The topological polar surface area (TPSA) is 48.1 Å². The van der Waals surface area contributed by atoms with Crippen LogP contribution < -0.4 is 5.73 Å². The first-order valence-electron chi connectivity index (χ1n) is 5.82. The number of alkyl halides is 3. The molecule has 2 aromatic rings. The second kappa shape index (κ2) is 5.90. The smallest absolute Gasteiger partial charge is 0.370 e. The molecule has 0 aliphatic rings. The second-order valence-electron chi connectivity index (χ2n) is 4.05. The highest BCUT2D eigenvalue weighted by Gasteiger charge is 2.38. The molecule has 0 saturated heterocycles. The van der Waals surface area contributed by atoms with E-state index in [1.54, 1.807) is 24.3 Å². The van der Waals surface area contributed by atoms with Gasteiger partial charge in [-0.25, -0.2) is 4.98 Å². The summed E-state index contributed by atoms with van der Waals surface area (Å²) in [6, 6.07) is 8.98. The van der Waals surface area contributed by atoms with Crippen molar-refractivity contribution in [3.05, 3.63) is 51.5 Å². The van der Waals surface area contributed by atoms with E-state index in [-0.39, 0.29) is 16.4 Å². The minimum absolute atomic E-state index is 0.0190. The number of hydrogen-bond acceptors (Lipinski definition) is 4. The monoisotopic (exact) mass is 302 g/mol. The maximum absolute atomic E-state index is 12.9. The Morgan fingerprint density at radius 3 is 2.40 bits per heavy atom. The highest BCUT2D eigenvalue weighted by molar-refractivity contribution is 7.11. The lowest BCUT2D eigenvalue weighted by atomic mass is 10.1. The molecule has 0 bridgehead atoms. The third-order valence-electron chi connectivity index (χ3n) is 2.73. The molecule has 0 spiro atoms. The summed E-state index contributed by atoms with van der Waals surface area (Å²) in [6.07, 6.45) is -5.12. The lowest BCUT2D eigenvalue weighted by Gasteiger charge is -2.12. The van der Waals surface area contributed by atoms with Crippen molar-refractivity contribution < 1.29 is 17.9 Å². The van der Waals surface area contributed by atoms with Crippen LogP contribution in [0.15, 0.2) is 30.3 Å². The number of methoxy groups -OCH3 is 1. The molecular weight excluding hydrogens is 289 g/mol. The zero-order chi connectivity index (χ0) is 14.8. The number of benzene rings is 1. The third-order valence-corrected chi connectivity index (χ3v) is 3.85. The Bertz CT molecular complexity index is 569. The van der Waals surface area contributed by atoms with E-state index in [0.29, 0.717) is 0 Å². The molecule has 1 atom stereocenters. The van der Waals surface area contributed by atoms with E-state index in [9.17, 15) is 13.2 Å². The van der Waals surface area contributed by atoms with Crippen molar-refractivity contribution >= 4 is 11.3 Å². The van der Waals surface area contributed by atoms with Gasteiger partial charge in [-0.15, -0.1) is 11.3 Å². The highest BCUT2D eigenvalue weighted by Crippen LogP contribution is 2.37. The fourth-order valence-electron chi connectivity index (χ4n) is 1.85. The zero-order valence-electron chi connectivity index (χ0n) is 10.6. The van der Waals surface area contributed by atoms with Gasteiger partial charge in [-0.3, -0.25) is 0 Å². The molecule has 108 valence electrons. The minimum Gasteiger partial charge on any atom is -0.370 e. The van der Waals surface area contributed by atoms with Crippen molar-refractivity contribution in [3.63, 3.8) is 0 Å². The molecular formula is C13H13F3N2OS. The van der Waals surface area contributed by atoms with Crippen LogP contribution in [-0.4, -0.2) is 12.1 Å². The number of nitrogens with zero attached hydrogens (tertiary/aromatic N) is 1. The summed E-state index contributed by atoms with van der Waals surface area (Å²) in [5, 5.41) is 0.256. The van der Waals surface area contributed by atoms with Crippen LogP contribution in [-0.2, 0) is 17.5 Å². The van der Waals surface area contributed by atoms with Gasteiger partial charge in [0.2, 0.25) is 0 Å². The van der Waals surface area contributed by atoms with Crippen LogP contribution in [0.1, 0.15) is 27.2 Å². The quantitative estimate of drug-likeness (QED) is 0.942. The van der Waals surface area contributed by atoms with Crippen molar-refractivity contribution in [3.8, 4) is 0 Å². The van der Waals surface area contributed by atoms with Crippen LogP contribution in [0.4, 0.5) is 13.2 Å². The van der Waals surface area contributed by atoms with Crippen LogP contribution in [0.25, 0.3) is 0 Å². The van der Waals surface area contributed by atoms with Gasteiger partial charge in [0.1, 0.15) is 11.1 Å². The summed E-state index contributed by atoms with van der Waals surface area (Å²) < 4.78 is 43.9. The average molecular weight is 302 g/mol. The van der Waals surface area contributed by atoms with E-state index in [0.717, 1.165) is 16.9 Å². The van der Waals surface area contributed by atoms with Gasteiger partial charge in [-0.2, -0.15) is 13.2 Å². The molecule has 2 N–H and O–H groups in total. The summed E-state index contributed by atoms with van der Waals surface area (Å²) in [6.45, 7) is -0.197. The summed E-state index contributed by atoms with van der Waals surface area (Å²) in [5.74, 6) is 0. The van der Waals surface area contributed by atoms with Crippen LogP contribution >= 0.6 is 11.3 Å². The van der Waals surface area contributed by atoms with Gasteiger partial charge in [0, 0.05) is 13.7 Å². The molecule has 1 aromatic carbocycles. The van der Waals surface area contributed by atoms with Crippen LogP contribution in [0, 0.1) is 0 Å². The maximum Gasteiger partial charge on any atom is 0.434 e. The Morgan fingerprint density at radius 1 is 1.30 bits per heavy atom. The first-order chi connectivity index (χ1) is 9.47. The molecule has 0 radical (unpaired) electrons. The molecule has 20 heavy (non-hydrogen) atoms. The van der Waals surface area contributed by atoms with E-state index < -0.39 is 18.0 Å². The van der Waals surface area contributed by atoms with Gasteiger partial charge >= 0.3 is 6.18 Å². The molecule has 1 unspecified atom stereocenters. The Balaban J connectivity index is 2.44. The summed E-state index contributed by atoms with van der Waals surface area (Å²) in [5.41, 5.74) is 5.20. The fourth-order valence-corrected chi connectivity index (χ4v) is 2.92. The number of hydrogen-bond donors (Lipinski definition) is 1. The van der Waals surface area contributed by atoms with Crippen LogP contribution in [0.5, 0.6) is 0 Å². The van der Waals surface area contributed by atoms with E-state index >= 15 is 0 Å². The highest BCUT2D eigenvalue weighted by atomic mass is 32.1. The number of ether oxygens (including phenoxy) is 1. The second-order valence-corrected chi connectivity index (χ2v) is 5.17. The molecule has 1 aromatic heterocycles. The predicted octanol–water partition coefficient (Wildman–Crippen LogP) is 3.36. The van der Waals surface area contributed by atoms with Gasteiger partial charge in [-0.1, -0.05) is 30.3 Å². The van der Waals surface area contributed by atoms with Crippen molar-refractivity contribution in [1.82, 2.24) is 4.98 Å². The number of rotatable bonds is 4. The van der Waals surface area contributed by atoms with E-state index in [4.69, 9.17) is 10.5 Å². The summed E-state index contributed by atoms with van der Waals surface area (Å²) >= 11 is 0.933. The Morgan fingerprint density at radius 2 is 1.95 bits per heavy atom. The third kappa shape index (κ3) is 3.00. The van der Waals surface area contributed by atoms with Gasteiger partial charge in [0.25, 0.3) is 0 Å². The molecule has 0 fully saturated rings. The zero-order valence-corrected chi connectivity index (χ0v) is 11.5. The first-order valence-corrected chi connectivity index (χ1v) is 6.63. The maximum atomic E-state index is 12.9. The number of halogens is 3. The van der Waals surface area contributed by atoms with E-state index in [1.165, 1.54) is 7.11 Å². The molecule has 0 aliphatic carbocycles. The lowest BCUT2D eigenvalue weighted by molar-refractivity contribution is -0.141. The Labute approximate surface area is 118 Å². The molecule has 7 heteroatoms. The van der Waals surface area contributed by atoms with Gasteiger partial charge in [-0.05, 0) is 5.56 Å². The molecule has 0 amide bonds. The van der Waals surface area contributed by atoms with Gasteiger partial charge in [0.15, 0.2) is 5.69 Å². The van der Waals surface area contributed by atoms with Crippen LogP contribution in [0.3, 0.4) is 0 Å². The Kier molecular flexibility index (Phi) is 4.42. The Hall–Kier alpha value is -1.44. The fraction of sp³-hybridized carbons (Fsp3) is 0.308. The standard InChI is InChI=1S/C13H13F3N2OS/c1-19-10(8-5-3-2-4-6-8)12-18-11(13(14,15)16)9(7-17)20-12/h2-6,10H,7,17H2,1H3. The van der Waals surface area contributed by atoms with Crippen LogP contribution in [0.2, 0.25) is 0 Å². The predicted molar refractivity (Wildman–Crippen MR) is 70.3 cm³/mol. The molecule has 2 rings (SSSR count).